The van der Waals surface area contributed by atoms with E-state index in [1.807, 2.05) is 0 Å². The summed E-state index contributed by atoms with van der Waals surface area (Å²) in [4.78, 5) is 11.1. The van der Waals surface area contributed by atoms with E-state index in [-0.39, 0.29) is 5.69 Å². The van der Waals surface area contributed by atoms with Crippen molar-refractivity contribution in [3.05, 3.63) is 29.3 Å². The van der Waals surface area contributed by atoms with Crippen LogP contribution < -0.4 is 5.32 Å². The van der Waals surface area contributed by atoms with E-state index >= 15 is 0 Å². The molecule has 3 nitrogen and oxygen atoms in total. The van der Waals surface area contributed by atoms with Crippen molar-refractivity contribution in [2.75, 3.05) is 24.8 Å². The summed E-state index contributed by atoms with van der Waals surface area (Å²) in [6.07, 6.45) is -15.4. The quantitative estimate of drug-likeness (QED) is 0.833. The predicted octanol–water partition coefficient (Wildman–Crippen LogP) is 2.85. The van der Waals surface area contributed by atoms with E-state index in [9.17, 15) is 4.79 Å². The number of aryl methyl sites for hydroxylation is 1. The maximum absolute atomic E-state index is 12.2. The highest BCUT2D eigenvalue weighted by atomic mass is 16.1. The van der Waals surface area contributed by atoms with Crippen LogP contribution in [0.15, 0.2) is 18.2 Å². The summed E-state index contributed by atoms with van der Waals surface area (Å²) in [5.74, 6) is -1.29. The number of nitrogens with zero attached hydrogens (tertiary/aromatic N) is 1. The number of carbonyl (C=O) groups is 1. The Labute approximate surface area is 144 Å². The summed E-state index contributed by atoms with van der Waals surface area (Å²) < 4.78 is 160. The van der Waals surface area contributed by atoms with E-state index in [1.54, 1.807) is 0 Å². The molecule has 0 aromatic heterocycles. The Hall–Kier alpha value is -1.35. The van der Waals surface area contributed by atoms with Gasteiger partial charge in [-0.05, 0) is 49.3 Å². The van der Waals surface area contributed by atoms with Crippen LogP contribution in [-0.4, -0.2) is 30.3 Å². The van der Waals surface area contributed by atoms with Crippen LogP contribution in [0.5, 0.6) is 0 Å². The number of hydrogen-bond donors (Lipinski definition) is 1. The summed E-state index contributed by atoms with van der Waals surface area (Å²) in [6, 6.07) is 2.90. The zero-order chi connectivity index (χ0) is 31.2. The fourth-order valence-electron chi connectivity index (χ4n) is 1.47. The van der Waals surface area contributed by atoms with Gasteiger partial charge in [-0.15, -0.1) is 0 Å². The van der Waals surface area contributed by atoms with Crippen LogP contribution in [0.1, 0.15) is 65.0 Å². The fraction of sp³-hybridized carbons (Fsp3) is 0.562. The molecule has 0 unspecified atom stereocenters. The topological polar surface area (TPSA) is 32.3 Å². The zero-order valence-electron chi connectivity index (χ0n) is 29.6. The molecule has 0 spiro atoms. The molecule has 1 heterocycles. The maximum atomic E-state index is 12.2. The summed E-state index contributed by atoms with van der Waals surface area (Å²) in [6.45, 7) is -21.4. The molecular weight excluding hydrogens is 236 g/mol. The van der Waals surface area contributed by atoms with Gasteiger partial charge in [-0.25, -0.2) is 0 Å². The minimum Gasteiger partial charge on any atom is -0.326 e. The second kappa shape index (κ2) is 6.71. The monoisotopic (exact) mass is 280 g/mol. The van der Waals surface area contributed by atoms with Gasteiger partial charge in [0.2, 0.25) is 5.91 Å². The van der Waals surface area contributed by atoms with Crippen molar-refractivity contribution >= 4 is 11.6 Å². The van der Waals surface area contributed by atoms with E-state index in [1.165, 1.54) is 0 Å². The van der Waals surface area contributed by atoms with Gasteiger partial charge in [0.25, 0.3) is 0 Å². The van der Waals surface area contributed by atoms with Gasteiger partial charge in [-0.2, -0.15) is 0 Å². The van der Waals surface area contributed by atoms with Crippen LogP contribution in [0, 0.1) is 0 Å². The summed E-state index contributed by atoms with van der Waals surface area (Å²) >= 11 is 0. The number of rotatable bonds is 7. The molecule has 0 aliphatic carbocycles. The molecule has 2 rings (SSSR count). The molecule has 3 heteroatoms. The number of amides is 1. The van der Waals surface area contributed by atoms with Crippen molar-refractivity contribution in [1.29, 1.82) is 0 Å². The van der Waals surface area contributed by atoms with Crippen LogP contribution >= 0.6 is 0 Å². The Morgan fingerprint density at radius 3 is 2.89 bits per heavy atom. The second-order valence-electron chi connectivity index (χ2n) is 3.35. The van der Waals surface area contributed by atoms with Crippen molar-refractivity contribution in [3.63, 3.8) is 0 Å². The third-order valence-corrected chi connectivity index (χ3v) is 2.19. The highest BCUT2D eigenvalue weighted by molar-refractivity contribution is 5.99. The number of nitrogens with one attached hydrogen (secondary N) is 1. The lowest BCUT2D eigenvalue weighted by Crippen LogP contribution is -2.28. The molecule has 1 N–H and O–H groups in total. The first kappa shape index (κ1) is 3.28. The first-order valence-corrected chi connectivity index (χ1v) is 5.12. The molecule has 1 aromatic rings. The molecule has 0 saturated carbocycles. The number of anilines is 1. The summed E-state index contributed by atoms with van der Waals surface area (Å²) in [5.41, 5.74) is -2.15. The zero-order valence-corrected chi connectivity index (χ0v) is 9.59. The Morgan fingerprint density at radius 2 is 2.16 bits per heavy atom. The van der Waals surface area contributed by atoms with Gasteiger partial charge in [0.1, 0.15) is 0 Å². The lowest BCUT2D eigenvalue weighted by Gasteiger charge is -2.21. The largest absolute Gasteiger partial charge is 0.326 e. The Balaban J connectivity index is 3.03. The number of fused-ring (bicyclic) bond motifs is 1. The Kier molecular flexibility index (Phi) is 1.16. The van der Waals surface area contributed by atoms with E-state index in [2.05, 4.69) is 5.32 Å². The molecule has 1 aliphatic heterocycles. The number of benzene rings is 1. The van der Waals surface area contributed by atoms with Gasteiger partial charge in [-0.3, -0.25) is 4.79 Å². The average molecular weight is 281 g/mol. The average Bonchev–Trinajstić information content (AvgIpc) is 2.93. The highest BCUT2D eigenvalue weighted by Crippen LogP contribution is 2.26. The van der Waals surface area contributed by atoms with Gasteiger partial charge in [0.05, 0.1) is 6.37 Å². The maximum Gasteiger partial charge on any atom is 0.228 e. The molecule has 19 heavy (non-hydrogen) atoms. The first-order chi connectivity index (χ1) is 16.9. The minimum absolute atomic E-state index is 0.338. The van der Waals surface area contributed by atoms with Crippen LogP contribution in [0.4, 0.5) is 5.69 Å². The van der Waals surface area contributed by atoms with Gasteiger partial charge < -0.3 is 10.2 Å². The molecule has 104 valence electrons. The summed E-state index contributed by atoms with van der Waals surface area (Å²) in [7, 11) is 0. The predicted molar refractivity (Wildman–Crippen MR) is 79.5 cm³/mol. The van der Waals surface area contributed by atoms with Gasteiger partial charge in [-0.1, -0.05) is 25.8 Å². The number of carbonyl (C=O) groups excluding carboxylic acids is 1. The first-order valence-electron chi connectivity index (χ1n) is 15.1. The van der Waals surface area contributed by atoms with Crippen LogP contribution in [0.2, 0.25) is 0 Å². The van der Waals surface area contributed by atoms with Crippen molar-refractivity contribution < 1.29 is 32.2 Å². The Morgan fingerprint density at radius 1 is 1.37 bits per heavy atom. The lowest BCUT2D eigenvalue weighted by molar-refractivity contribution is -0.115. The molecule has 0 radical (unpaired) electrons. The SMILES string of the molecule is [2H]C1([2H])C(=O)Nc2cccc(C([2H])([2H])C([2H])([2H])N(C([2H])([2H])C([2H])([2H])C([2H])([2H])[2H])C([2H])([2H])C([2H])([2H])C([2H])([2H])[2H])c21. The van der Waals surface area contributed by atoms with Crippen LogP contribution in [-0.2, 0) is 17.5 Å². The Bertz CT molecular complexity index is 1100. The highest BCUT2D eigenvalue weighted by Gasteiger charge is 2.20. The second-order valence-corrected chi connectivity index (χ2v) is 3.35. The van der Waals surface area contributed by atoms with Crippen LogP contribution in [0.3, 0.4) is 0 Å². The lowest BCUT2D eigenvalue weighted by atomic mass is 10.0. The normalized spacial score (nSPS) is 37.8. The summed E-state index contributed by atoms with van der Waals surface area (Å²) in [5, 5.41) is 2.10. The van der Waals surface area contributed by atoms with E-state index in [0.29, 0.717) is 0 Å². The standard InChI is InChI=1S/C16H24N2O/c1-3-9-18(10-4-2)11-8-13-6-5-7-15-14(13)12-16(19)17-15/h5-7H,3-4,8-12H2,1-2H3,(H,17,19)/i1D3,2D3,3D2,4D2,8D2,9D2,10D2,11D2,12D2. The van der Waals surface area contributed by atoms with E-state index < -0.39 is 80.6 Å². The van der Waals surface area contributed by atoms with Crippen molar-refractivity contribution in [3.8, 4) is 0 Å². The van der Waals surface area contributed by atoms with Gasteiger partial charge in [0.15, 0.2) is 0 Å². The van der Waals surface area contributed by atoms with E-state index in [4.69, 9.17) is 27.4 Å². The molecule has 0 atom stereocenters. The van der Waals surface area contributed by atoms with Crippen molar-refractivity contribution in [1.82, 2.24) is 4.90 Å². The van der Waals surface area contributed by atoms with Gasteiger partial charge >= 0.3 is 0 Å². The third-order valence-electron chi connectivity index (χ3n) is 2.19. The molecule has 1 aliphatic rings. The third kappa shape index (κ3) is 3.57. The van der Waals surface area contributed by atoms with Crippen LogP contribution in [0.25, 0.3) is 0 Å². The molecule has 0 fully saturated rings. The molecule has 1 aromatic carbocycles. The fourth-order valence-corrected chi connectivity index (χ4v) is 1.47. The van der Waals surface area contributed by atoms with Crippen molar-refractivity contribution in [2.24, 2.45) is 0 Å². The molecular formula is C16H24N2O. The molecule has 0 bridgehead atoms. The number of hydrogen-bond acceptors (Lipinski definition) is 2. The molecule has 1 amide bonds. The van der Waals surface area contributed by atoms with Gasteiger partial charge in [0, 0.05) is 39.6 Å². The van der Waals surface area contributed by atoms with E-state index in [0.717, 1.165) is 18.2 Å². The molecule has 0 saturated heterocycles. The minimum atomic E-state index is -4.50. The van der Waals surface area contributed by atoms with Crippen molar-refractivity contribution in [2.45, 2.75) is 39.2 Å². The smallest absolute Gasteiger partial charge is 0.228 e.